The molecule has 24 heavy (non-hydrogen) atoms. The number of hydrogen-bond donors (Lipinski definition) is 2. The van der Waals surface area contributed by atoms with E-state index < -0.39 is 0 Å². The van der Waals surface area contributed by atoms with Crippen LogP contribution in [0, 0.1) is 11.7 Å². The van der Waals surface area contributed by atoms with Gasteiger partial charge < -0.3 is 20.1 Å². The van der Waals surface area contributed by atoms with E-state index in [0.717, 1.165) is 18.4 Å². The molecule has 1 aliphatic carbocycles. The van der Waals surface area contributed by atoms with Crippen LogP contribution in [-0.2, 0) is 9.47 Å². The summed E-state index contributed by atoms with van der Waals surface area (Å²) >= 11 is 0. The van der Waals surface area contributed by atoms with E-state index in [1.165, 1.54) is 25.0 Å². The molecule has 1 saturated heterocycles. The Morgan fingerprint density at radius 3 is 2.75 bits per heavy atom. The fourth-order valence-corrected chi connectivity index (χ4v) is 3.19. The molecule has 2 fully saturated rings. The van der Waals surface area contributed by atoms with Crippen LogP contribution in [0.25, 0.3) is 0 Å². The second kappa shape index (κ2) is 7.94. The van der Waals surface area contributed by atoms with Crippen molar-refractivity contribution >= 4 is 6.03 Å². The number of benzene rings is 1. The van der Waals surface area contributed by atoms with Gasteiger partial charge in [-0.15, -0.1) is 0 Å². The van der Waals surface area contributed by atoms with Gasteiger partial charge in [0.05, 0.1) is 12.2 Å². The Labute approximate surface area is 141 Å². The van der Waals surface area contributed by atoms with Gasteiger partial charge in [0.15, 0.2) is 0 Å². The second-order valence-corrected chi connectivity index (χ2v) is 6.60. The molecular weight excluding hydrogens is 311 g/mol. The van der Waals surface area contributed by atoms with Crippen LogP contribution in [0.3, 0.4) is 0 Å². The first-order chi connectivity index (χ1) is 11.7. The average molecular weight is 336 g/mol. The number of carbonyl (C=O) groups excluding carboxylic acids is 1. The first-order valence-electron chi connectivity index (χ1n) is 8.60. The van der Waals surface area contributed by atoms with Crippen molar-refractivity contribution in [2.75, 3.05) is 20.3 Å². The van der Waals surface area contributed by atoms with Crippen LogP contribution < -0.4 is 10.6 Å². The van der Waals surface area contributed by atoms with Crippen LogP contribution in [-0.4, -0.2) is 38.4 Å². The predicted octanol–water partition coefficient (Wildman–Crippen LogP) is 2.77. The van der Waals surface area contributed by atoms with Crippen molar-refractivity contribution in [2.24, 2.45) is 5.92 Å². The molecule has 5 nitrogen and oxygen atoms in total. The molecule has 0 spiro atoms. The third kappa shape index (κ3) is 4.68. The Balaban J connectivity index is 1.44. The molecule has 3 atom stereocenters. The highest BCUT2D eigenvalue weighted by atomic mass is 19.1. The predicted molar refractivity (Wildman–Crippen MR) is 88.2 cm³/mol. The minimum atomic E-state index is -0.301. The summed E-state index contributed by atoms with van der Waals surface area (Å²) in [4.78, 5) is 12.1. The number of halogens is 1. The molecule has 1 aromatic rings. The van der Waals surface area contributed by atoms with Crippen LogP contribution in [0.4, 0.5) is 9.18 Å². The van der Waals surface area contributed by atoms with Crippen LogP contribution in [0.2, 0.25) is 0 Å². The van der Waals surface area contributed by atoms with Gasteiger partial charge in [-0.25, -0.2) is 9.18 Å². The molecule has 0 unspecified atom stereocenters. The number of ether oxygens (including phenoxy) is 2. The van der Waals surface area contributed by atoms with Crippen molar-refractivity contribution in [3.05, 3.63) is 35.6 Å². The number of rotatable bonds is 6. The van der Waals surface area contributed by atoms with Crippen LogP contribution in [0.5, 0.6) is 0 Å². The van der Waals surface area contributed by atoms with E-state index in [0.29, 0.717) is 25.2 Å². The summed E-state index contributed by atoms with van der Waals surface area (Å²) in [6, 6.07) is 6.09. The summed E-state index contributed by atoms with van der Waals surface area (Å²) in [6.07, 6.45) is 4.24. The largest absolute Gasteiger partial charge is 0.378 e. The smallest absolute Gasteiger partial charge is 0.315 e. The summed E-state index contributed by atoms with van der Waals surface area (Å²) in [5, 5.41) is 5.87. The quantitative estimate of drug-likeness (QED) is 0.840. The summed E-state index contributed by atoms with van der Waals surface area (Å²) in [7, 11) is 1.58. The molecule has 1 aromatic carbocycles. The first kappa shape index (κ1) is 17.2. The van der Waals surface area contributed by atoms with Crippen molar-refractivity contribution in [3.63, 3.8) is 0 Å². The van der Waals surface area contributed by atoms with Crippen molar-refractivity contribution in [1.82, 2.24) is 10.6 Å². The summed E-state index contributed by atoms with van der Waals surface area (Å²) in [5.74, 6) is 0.401. The average Bonchev–Trinajstić information content (AvgIpc) is 3.42. The SMILES string of the molecule is CO[C@H](CNC(=O)N[C@@H]1CCO[C@@H](C2CC2)C1)c1ccc(F)cc1. The van der Waals surface area contributed by atoms with Gasteiger partial charge in [-0.3, -0.25) is 0 Å². The number of urea groups is 1. The van der Waals surface area contributed by atoms with E-state index >= 15 is 0 Å². The van der Waals surface area contributed by atoms with E-state index in [-0.39, 0.29) is 24.0 Å². The van der Waals surface area contributed by atoms with E-state index in [1.54, 1.807) is 19.2 Å². The Kier molecular flexibility index (Phi) is 5.68. The zero-order valence-electron chi connectivity index (χ0n) is 14.0. The fraction of sp³-hybridized carbons (Fsp3) is 0.611. The van der Waals surface area contributed by atoms with Crippen LogP contribution in [0.15, 0.2) is 24.3 Å². The lowest BCUT2D eigenvalue weighted by atomic mass is 10.0. The van der Waals surface area contributed by atoms with Crippen molar-refractivity contribution in [3.8, 4) is 0 Å². The molecule has 0 aromatic heterocycles. The fourth-order valence-electron chi connectivity index (χ4n) is 3.19. The Bertz CT molecular complexity index is 548. The molecule has 3 rings (SSSR count). The third-order valence-corrected chi connectivity index (χ3v) is 4.77. The summed E-state index contributed by atoms with van der Waals surface area (Å²) < 4.78 is 24.2. The van der Waals surface area contributed by atoms with Gasteiger partial charge in [0.1, 0.15) is 5.82 Å². The molecule has 0 bridgehead atoms. The Hall–Kier alpha value is -1.66. The van der Waals surface area contributed by atoms with Gasteiger partial charge in [-0.2, -0.15) is 0 Å². The maximum absolute atomic E-state index is 13.0. The monoisotopic (exact) mass is 336 g/mol. The Morgan fingerprint density at radius 2 is 2.08 bits per heavy atom. The van der Waals surface area contributed by atoms with Gasteiger partial charge in [-0.05, 0) is 49.3 Å². The third-order valence-electron chi connectivity index (χ3n) is 4.77. The molecule has 2 amide bonds. The summed E-state index contributed by atoms with van der Waals surface area (Å²) in [5.41, 5.74) is 0.832. The zero-order chi connectivity index (χ0) is 16.9. The van der Waals surface area contributed by atoms with Crippen molar-refractivity contribution in [1.29, 1.82) is 0 Å². The van der Waals surface area contributed by atoms with Crippen LogP contribution in [0.1, 0.15) is 37.4 Å². The van der Waals surface area contributed by atoms with Gasteiger partial charge in [0, 0.05) is 26.3 Å². The standard InChI is InChI=1S/C18H25FN2O3/c1-23-17(13-4-6-14(19)7-5-13)11-20-18(22)21-15-8-9-24-16(10-15)12-2-3-12/h4-7,12,15-17H,2-3,8-11H2,1H3,(H2,20,21,22)/t15-,16-,17-/m1/s1. The number of methoxy groups -OCH3 is 1. The molecule has 0 radical (unpaired) electrons. The minimum Gasteiger partial charge on any atom is -0.378 e. The number of nitrogens with one attached hydrogen (secondary N) is 2. The van der Waals surface area contributed by atoms with E-state index in [4.69, 9.17) is 9.47 Å². The van der Waals surface area contributed by atoms with Gasteiger partial charge in [-0.1, -0.05) is 12.1 Å². The van der Waals surface area contributed by atoms with Gasteiger partial charge in [0.2, 0.25) is 0 Å². The van der Waals surface area contributed by atoms with Gasteiger partial charge >= 0.3 is 6.03 Å². The molecule has 2 aliphatic rings. The van der Waals surface area contributed by atoms with E-state index in [1.807, 2.05) is 0 Å². The second-order valence-electron chi connectivity index (χ2n) is 6.60. The maximum atomic E-state index is 13.0. The topological polar surface area (TPSA) is 59.6 Å². The van der Waals surface area contributed by atoms with E-state index in [9.17, 15) is 9.18 Å². The highest BCUT2D eigenvalue weighted by Crippen LogP contribution is 2.38. The lowest BCUT2D eigenvalue weighted by molar-refractivity contribution is -0.00921. The zero-order valence-corrected chi connectivity index (χ0v) is 14.0. The highest BCUT2D eigenvalue weighted by Gasteiger charge is 2.36. The molecule has 132 valence electrons. The molecule has 2 N–H and O–H groups in total. The normalized spacial score (nSPS) is 25.1. The summed E-state index contributed by atoms with van der Waals surface area (Å²) in [6.45, 7) is 1.05. The first-order valence-corrected chi connectivity index (χ1v) is 8.60. The lowest BCUT2D eigenvalue weighted by Gasteiger charge is -2.30. The van der Waals surface area contributed by atoms with Gasteiger partial charge in [0.25, 0.3) is 0 Å². The number of carbonyl (C=O) groups is 1. The number of hydrogen-bond acceptors (Lipinski definition) is 3. The van der Waals surface area contributed by atoms with Crippen LogP contribution >= 0.6 is 0 Å². The molecular formula is C18H25FN2O3. The van der Waals surface area contributed by atoms with Crippen molar-refractivity contribution < 1.29 is 18.7 Å². The maximum Gasteiger partial charge on any atom is 0.315 e. The molecule has 1 aliphatic heterocycles. The minimum absolute atomic E-state index is 0.163. The lowest BCUT2D eigenvalue weighted by Crippen LogP contribution is -2.47. The highest BCUT2D eigenvalue weighted by molar-refractivity contribution is 5.74. The molecule has 1 saturated carbocycles. The van der Waals surface area contributed by atoms with Crippen molar-refractivity contribution in [2.45, 2.75) is 43.9 Å². The number of amides is 2. The molecule has 1 heterocycles. The Morgan fingerprint density at radius 1 is 1.33 bits per heavy atom. The molecule has 6 heteroatoms. The van der Waals surface area contributed by atoms with E-state index in [2.05, 4.69) is 10.6 Å².